The topological polar surface area (TPSA) is 32.7 Å². The molecule has 1 amide bonds. The highest BCUT2D eigenvalue weighted by atomic mass is 79.9. The van der Waals surface area contributed by atoms with E-state index in [0.29, 0.717) is 5.70 Å². The van der Waals surface area contributed by atoms with E-state index in [0.717, 1.165) is 26.0 Å². The Morgan fingerprint density at radius 3 is 2.77 bits per heavy atom. The summed E-state index contributed by atoms with van der Waals surface area (Å²) in [6.07, 6.45) is 1.84. The monoisotopic (exact) mass is 392 g/mol. The quantitative estimate of drug-likeness (QED) is 0.687. The van der Waals surface area contributed by atoms with Gasteiger partial charge in [0, 0.05) is 14.7 Å². The van der Waals surface area contributed by atoms with Crippen LogP contribution in [0.5, 0.6) is 0 Å². The highest BCUT2D eigenvalue weighted by Crippen LogP contribution is 2.30. The molecule has 0 unspecified atom stereocenters. The van der Waals surface area contributed by atoms with Gasteiger partial charge < -0.3 is 0 Å². The summed E-state index contributed by atoms with van der Waals surface area (Å²) in [6, 6.07) is 11.6. The zero-order chi connectivity index (χ0) is 15.5. The number of nitrogens with zero attached hydrogens (tertiary/aromatic N) is 2. The van der Waals surface area contributed by atoms with E-state index in [1.165, 1.54) is 0 Å². The highest BCUT2D eigenvalue weighted by molar-refractivity contribution is 9.10. The van der Waals surface area contributed by atoms with Crippen molar-refractivity contribution in [1.29, 1.82) is 0 Å². The first-order chi connectivity index (χ1) is 10.7. The van der Waals surface area contributed by atoms with E-state index in [1.807, 2.05) is 47.9 Å². The van der Waals surface area contributed by atoms with E-state index in [9.17, 15) is 4.79 Å². The number of benzene rings is 1. The van der Waals surface area contributed by atoms with Crippen molar-refractivity contribution >= 4 is 61.9 Å². The average Bonchev–Trinajstić information content (AvgIpc) is 3.05. The third-order valence-electron chi connectivity index (χ3n) is 2.98. The van der Waals surface area contributed by atoms with Gasteiger partial charge in [0.1, 0.15) is 5.70 Å². The molecule has 2 heterocycles. The van der Waals surface area contributed by atoms with Crippen molar-refractivity contribution in [1.82, 2.24) is 0 Å². The van der Waals surface area contributed by atoms with Crippen molar-refractivity contribution in [3.63, 3.8) is 0 Å². The summed E-state index contributed by atoms with van der Waals surface area (Å²) < 4.78 is 1.02. The van der Waals surface area contributed by atoms with Crippen molar-refractivity contribution in [3.8, 4) is 0 Å². The lowest BCUT2D eigenvalue weighted by Crippen LogP contribution is -2.30. The highest BCUT2D eigenvalue weighted by Gasteiger charge is 2.31. The van der Waals surface area contributed by atoms with Crippen molar-refractivity contribution < 1.29 is 4.79 Å². The number of hydrogen-bond acceptors (Lipinski definition) is 4. The molecule has 22 heavy (non-hydrogen) atoms. The third-order valence-corrected chi connectivity index (χ3v) is 5.45. The van der Waals surface area contributed by atoms with Gasteiger partial charge >= 0.3 is 0 Å². The fraction of sp³-hybridized carbons (Fsp3) is 0.125. The average molecular weight is 393 g/mol. The molecular weight excluding hydrogens is 380 g/mol. The lowest BCUT2D eigenvalue weighted by atomic mass is 10.3. The number of amides is 1. The van der Waals surface area contributed by atoms with Crippen LogP contribution in [0.1, 0.15) is 11.8 Å². The van der Waals surface area contributed by atoms with Crippen LogP contribution >= 0.6 is 39.0 Å². The number of rotatable bonds is 3. The third kappa shape index (κ3) is 3.19. The van der Waals surface area contributed by atoms with Crippen LogP contribution in [0, 0.1) is 0 Å². The molecule has 0 saturated heterocycles. The van der Waals surface area contributed by atoms with Gasteiger partial charge in [-0.2, -0.15) is 0 Å². The van der Waals surface area contributed by atoms with E-state index in [-0.39, 0.29) is 5.91 Å². The van der Waals surface area contributed by atoms with Crippen LogP contribution in [0.2, 0.25) is 0 Å². The SMILES string of the molecule is CCSC1=NC(=Cc2cc(Br)cs2)C(=O)N1c1ccccc1. The predicted molar refractivity (Wildman–Crippen MR) is 99.5 cm³/mol. The number of aliphatic imine (C=N–C) groups is 1. The number of halogens is 1. The fourth-order valence-electron chi connectivity index (χ4n) is 2.07. The molecule has 0 N–H and O–H groups in total. The molecular formula is C16H13BrN2OS2. The number of thioether (sulfide) groups is 1. The van der Waals surface area contributed by atoms with Crippen molar-refractivity contribution in [2.75, 3.05) is 10.7 Å². The maximum atomic E-state index is 12.7. The Balaban J connectivity index is 1.98. The van der Waals surface area contributed by atoms with Crippen LogP contribution < -0.4 is 4.90 Å². The standard InChI is InChI=1S/C16H13BrN2OS2/c1-2-21-16-18-14(9-13-8-11(17)10-22-13)15(20)19(16)12-6-4-3-5-7-12/h3-10H,2H2,1H3. The molecule has 1 aromatic heterocycles. The van der Waals surface area contributed by atoms with E-state index in [1.54, 1.807) is 28.0 Å². The van der Waals surface area contributed by atoms with Gasteiger partial charge in [0.05, 0.1) is 5.69 Å². The molecule has 0 spiro atoms. The molecule has 1 aliphatic heterocycles. The minimum Gasteiger partial charge on any atom is -0.266 e. The smallest absolute Gasteiger partial charge is 0.266 e. The molecule has 0 bridgehead atoms. The van der Waals surface area contributed by atoms with Crippen LogP contribution in [-0.4, -0.2) is 16.8 Å². The second-order valence-electron chi connectivity index (χ2n) is 4.50. The molecule has 6 heteroatoms. The molecule has 3 nitrogen and oxygen atoms in total. The summed E-state index contributed by atoms with van der Waals surface area (Å²) in [4.78, 5) is 19.9. The maximum Gasteiger partial charge on any atom is 0.283 e. The molecule has 1 aliphatic rings. The molecule has 0 saturated carbocycles. The van der Waals surface area contributed by atoms with Gasteiger partial charge in [0.25, 0.3) is 5.91 Å². The minimum absolute atomic E-state index is 0.0772. The van der Waals surface area contributed by atoms with E-state index in [2.05, 4.69) is 27.8 Å². The second kappa shape index (κ2) is 6.81. The largest absolute Gasteiger partial charge is 0.283 e. The summed E-state index contributed by atoms with van der Waals surface area (Å²) in [5.74, 6) is 0.791. The number of hydrogen-bond donors (Lipinski definition) is 0. The molecule has 0 atom stereocenters. The second-order valence-corrected chi connectivity index (χ2v) is 7.59. The summed E-state index contributed by atoms with van der Waals surface area (Å²) in [7, 11) is 0. The number of para-hydroxylation sites is 1. The number of thiophene rings is 1. The van der Waals surface area contributed by atoms with Gasteiger partial charge in [0.15, 0.2) is 5.17 Å². The van der Waals surface area contributed by atoms with Crippen molar-refractivity contribution in [3.05, 3.63) is 56.8 Å². The molecule has 0 aliphatic carbocycles. The lowest BCUT2D eigenvalue weighted by molar-refractivity contribution is -0.113. The Labute approximate surface area is 145 Å². The molecule has 1 aromatic carbocycles. The Morgan fingerprint density at radius 1 is 1.36 bits per heavy atom. The number of carbonyl (C=O) groups is 1. The summed E-state index contributed by atoms with van der Waals surface area (Å²) in [6.45, 7) is 2.05. The van der Waals surface area contributed by atoms with Gasteiger partial charge in [-0.25, -0.2) is 4.99 Å². The molecule has 3 rings (SSSR count). The summed E-state index contributed by atoms with van der Waals surface area (Å²) >= 11 is 6.58. The Bertz CT molecular complexity index is 753. The van der Waals surface area contributed by atoms with Crippen LogP contribution in [0.3, 0.4) is 0 Å². The zero-order valence-corrected chi connectivity index (χ0v) is 15.0. The van der Waals surface area contributed by atoms with Gasteiger partial charge in [-0.05, 0) is 46.0 Å². The lowest BCUT2D eigenvalue weighted by Gasteiger charge is -2.17. The predicted octanol–water partition coefficient (Wildman–Crippen LogP) is 5.01. The van der Waals surface area contributed by atoms with Crippen molar-refractivity contribution in [2.24, 2.45) is 4.99 Å². The number of anilines is 1. The molecule has 0 radical (unpaired) electrons. The van der Waals surface area contributed by atoms with Crippen LogP contribution in [-0.2, 0) is 4.79 Å². The number of amidine groups is 1. The van der Waals surface area contributed by atoms with Gasteiger partial charge in [0.2, 0.25) is 0 Å². The van der Waals surface area contributed by atoms with Gasteiger partial charge in [-0.15, -0.1) is 11.3 Å². The summed E-state index contributed by atoms with van der Waals surface area (Å²) in [5.41, 5.74) is 1.33. The van der Waals surface area contributed by atoms with E-state index >= 15 is 0 Å². The fourth-order valence-corrected chi connectivity index (χ4v) is 4.17. The molecule has 112 valence electrons. The van der Waals surface area contributed by atoms with E-state index < -0.39 is 0 Å². The first-order valence-corrected chi connectivity index (χ1v) is 9.41. The van der Waals surface area contributed by atoms with Crippen LogP contribution in [0.4, 0.5) is 5.69 Å². The van der Waals surface area contributed by atoms with E-state index in [4.69, 9.17) is 0 Å². The number of carbonyl (C=O) groups excluding carboxylic acids is 1. The van der Waals surface area contributed by atoms with Crippen molar-refractivity contribution in [2.45, 2.75) is 6.92 Å². The Morgan fingerprint density at radius 2 is 2.14 bits per heavy atom. The van der Waals surface area contributed by atoms with Crippen LogP contribution in [0.15, 0.2) is 56.9 Å². The molecule has 2 aromatic rings. The molecule has 0 fully saturated rings. The Kier molecular flexibility index (Phi) is 4.81. The Hall–Kier alpha value is -1.37. The first-order valence-electron chi connectivity index (χ1n) is 6.75. The zero-order valence-electron chi connectivity index (χ0n) is 11.8. The van der Waals surface area contributed by atoms with Gasteiger partial charge in [-0.3, -0.25) is 9.69 Å². The minimum atomic E-state index is -0.0772. The van der Waals surface area contributed by atoms with Crippen LogP contribution in [0.25, 0.3) is 6.08 Å². The van der Waals surface area contributed by atoms with Gasteiger partial charge in [-0.1, -0.05) is 36.9 Å². The first kappa shape index (κ1) is 15.5. The summed E-state index contributed by atoms with van der Waals surface area (Å²) in [5, 5.41) is 2.73. The maximum absolute atomic E-state index is 12.7. The normalized spacial score (nSPS) is 16.5.